The van der Waals surface area contributed by atoms with E-state index in [0.717, 1.165) is 11.3 Å². The summed E-state index contributed by atoms with van der Waals surface area (Å²) in [5, 5.41) is 15.0. The van der Waals surface area contributed by atoms with Crippen LogP contribution in [0.15, 0.2) is 4.52 Å². The molecule has 15 heavy (non-hydrogen) atoms. The van der Waals surface area contributed by atoms with E-state index in [-0.39, 0.29) is 5.91 Å². The molecule has 1 aromatic rings. The molecule has 5 nitrogen and oxygen atoms in total. The van der Waals surface area contributed by atoms with Gasteiger partial charge < -0.3 is 9.84 Å². The number of carbonyl (C=O) groups is 1. The summed E-state index contributed by atoms with van der Waals surface area (Å²) in [4.78, 5) is 11.3. The van der Waals surface area contributed by atoms with Gasteiger partial charge in [0.05, 0.1) is 11.8 Å². The summed E-state index contributed by atoms with van der Waals surface area (Å²) >= 11 is 0. The van der Waals surface area contributed by atoms with Gasteiger partial charge in [0.1, 0.15) is 11.7 Å². The highest BCUT2D eigenvalue weighted by molar-refractivity contribution is 5.80. The van der Waals surface area contributed by atoms with Crippen LogP contribution in [0.3, 0.4) is 0 Å². The number of carbonyl (C=O) groups excluding carboxylic acids is 1. The van der Waals surface area contributed by atoms with Crippen molar-refractivity contribution in [3.05, 3.63) is 17.0 Å². The third-order valence-electron chi connectivity index (χ3n) is 2.21. The number of hydrogen-bond acceptors (Lipinski definition) is 4. The van der Waals surface area contributed by atoms with E-state index in [1.807, 2.05) is 13.0 Å². The number of aromatic nitrogens is 1. The minimum atomic E-state index is -0.634. The Morgan fingerprint density at radius 2 is 2.33 bits per heavy atom. The molecule has 0 aliphatic rings. The Kier molecular flexibility index (Phi) is 3.45. The molecule has 1 unspecified atom stereocenters. The second kappa shape index (κ2) is 4.60. The molecule has 1 amide bonds. The maximum atomic E-state index is 11.3. The Labute approximate surface area is 88.1 Å². The summed E-state index contributed by atoms with van der Waals surface area (Å²) in [6.07, 6.45) is 0. The van der Waals surface area contributed by atoms with Gasteiger partial charge in [-0.3, -0.25) is 4.79 Å². The van der Waals surface area contributed by atoms with Gasteiger partial charge in [0.15, 0.2) is 0 Å². The molecule has 0 spiro atoms. The van der Waals surface area contributed by atoms with E-state index in [0.29, 0.717) is 12.3 Å². The molecule has 1 rings (SSSR count). The molecule has 0 aliphatic carbocycles. The average molecular weight is 207 g/mol. The quantitative estimate of drug-likeness (QED) is 0.803. The van der Waals surface area contributed by atoms with Gasteiger partial charge in [-0.25, -0.2) is 0 Å². The van der Waals surface area contributed by atoms with Crippen LogP contribution in [0.2, 0.25) is 0 Å². The standard InChI is InChI=1S/C10H13N3O2/c1-6(4-11)10(14)12-5-9-7(2)13-15-8(9)3/h6H,5H2,1-3H3,(H,12,14). The van der Waals surface area contributed by atoms with Crippen LogP contribution in [0.1, 0.15) is 23.9 Å². The third kappa shape index (κ3) is 2.56. The normalized spacial score (nSPS) is 11.9. The molecule has 1 heterocycles. The average Bonchev–Trinajstić information content (AvgIpc) is 2.54. The molecule has 80 valence electrons. The molecule has 0 bridgehead atoms. The van der Waals surface area contributed by atoms with Gasteiger partial charge >= 0.3 is 0 Å². The van der Waals surface area contributed by atoms with Crippen LogP contribution in [-0.2, 0) is 11.3 Å². The Bertz CT molecular complexity index is 384. The van der Waals surface area contributed by atoms with Crippen molar-refractivity contribution in [2.24, 2.45) is 5.92 Å². The molecule has 0 fully saturated rings. The smallest absolute Gasteiger partial charge is 0.237 e. The van der Waals surface area contributed by atoms with Gasteiger partial charge in [-0.05, 0) is 20.8 Å². The lowest BCUT2D eigenvalue weighted by Crippen LogP contribution is -2.28. The number of nitrogens with zero attached hydrogens (tertiary/aromatic N) is 2. The van der Waals surface area contributed by atoms with E-state index in [4.69, 9.17) is 9.78 Å². The van der Waals surface area contributed by atoms with Crippen LogP contribution in [0.25, 0.3) is 0 Å². The van der Waals surface area contributed by atoms with Gasteiger partial charge in [-0.15, -0.1) is 0 Å². The Hall–Kier alpha value is -1.83. The van der Waals surface area contributed by atoms with E-state index in [1.165, 1.54) is 0 Å². The highest BCUT2D eigenvalue weighted by Crippen LogP contribution is 2.11. The van der Waals surface area contributed by atoms with Gasteiger partial charge in [0.25, 0.3) is 0 Å². The molecule has 5 heteroatoms. The fourth-order valence-electron chi connectivity index (χ4n) is 1.14. The number of nitrogens with one attached hydrogen (secondary N) is 1. The van der Waals surface area contributed by atoms with Crippen molar-refractivity contribution < 1.29 is 9.32 Å². The molecule has 0 aliphatic heterocycles. The molecular weight excluding hydrogens is 194 g/mol. The van der Waals surface area contributed by atoms with E-state index in [1.54, 1.807) is 13.8 Å². The fourth-order valence-corrected chi connectivity index (χ4v) is 1.14. The van der Waals surface area contributed by atoms with E-state index >= 15 is 0 Å². The van der Waals surface area contributed by atoms with Crippen LogP contribution in [0.4, 0.5) is 0 Å². The van der Waals surface area contributed by atoms with Crippen LogP contribution in [0, 0.1) is 31.1 Å². The van der Waals surface area contributed by atoms with Crippen molar-refractivity contribution in [1.29, 1.82) is 5.26 Å². The Morgan fingerprint density at radius 3 is 2.80 bits per heavy atom. The zero-order chi connectivity index (χ0) is 11.4. The molecule has 1 N–H and O–H groups in total. The zero-order valence-corrected chi connectivity index (χ0v) is 9.00. The lowest BCUT2D eigenvalue weighted by molar-refractivity contribution is -0.123. The minimum Gasteiger partial charge on any atom is -0.361 e. The first kappa shape index (κ1) is 11.2. The van der Waals surface area contributed by atoms with Gasteiger partial charge in [0.2, 0.25) is 5.91 Å². The monoisotopic (exact) mass is 207 g/mol. The summed E-state index contributed by atoms with van der Waals surface area (Å²) in [7, 11) is 0. The third-order valence-corrected chi connectivity index (χ3v) is 2.21. The summed E-state index contributed by atoms with van der Waals surface area (Å²) in [5.74, 6) is -0.222. The summed E-state index contributed by atoms with van der Waals surface area (Å²) < 4.78 is 4.95. The van der Waals surface area contributed by atoms with Crippen LogP contribution < -0.4 is 5.32 Å². The maximum absolute atomic E-state index is 11.3. The Balaban J connectivity index is 2.59. The lowest BCUT2D eigenvalue weighted by atomic mass is 10.1. The molecule has 0 aromatic carbocycles. The second-order valence-electron chi connectivity index (χ2n) is 3.37. The number of aryl methyl sites for hydroxylation is 2. The molecule has 1 aromatic heterocycles. The first-order chi connectivity index (χ1) is 7.06. The largest absolute Gasteiger partial charge is 0.361 e. The fraction of sp³-hybridized carbons (Fsp3) is 0.500. The topological polar surface area (TPSA) is 78.9 Å². The van der Waals surface area contributed by atoms with E-state index in [9.17, 15) is 4.79 Å². The van der Waals surface area contributed by atoms with Crippen molar-refractivity contribution in [1.82, 2.24) is 10.5 Å². The summed E-state index contributed by atoms with van der Waals surface area (Å²) in [6.45, 7) is 5.51. The predicted molar refractivity (Wildman–Crippen MR) is 52.6 cm³/mol. The van der Waals surface area contributed by atoms with Crippen LogP contribution >= 0.6 is 0 Å². The number of nitriles is 1. The zero-order valence-electron chi connectivity index (χ0n) is 9.00. The highest BCUT2D eigenvalue weighted by Gasteiger charge is 2.14. The highest BCUT2D eigenvalue weighted by atomic mass is 16.5. The lowest BCUT2D eigenvalue weighted by Gasteiger charge is -2.05. The van der Waals surface area contributed by atoms with Crippen molar-refractivity contribution in [2.45, 2.75) is 27.3 Å². The minimum absolute atomic E-state index is 0.280. The second-order valence-corrected chi connectivity index (χ2v) is 3.37. The molecule has 0 saturated heterocycles. The van der Waals surface area contributed by atoms with E-state index < -0.39 is 5.92 Å². The van der Waals surface area contributed by atoms with Crippen LogP contribution in [0.5, 0.6) is 0 Å². The van der Waals surface area contributed by atoms with Gasteiger partial charge in [-0.2, -0.15) is 5.26 Å². The van der Waals surface area contributed by atoms with Gasteiger partial charge in [-0.1, -0.05) is 5.16 Å². The summed E-state index contributed by atoms with van der Waals surface area (Å²) in [6, 6.07) is 1.87. The first-order valence-electron chi connectivity index (χ1n) is 4.65. The molecule has 1 atom stereocenters. The number of hydrogen-bond donors (Lipinski definition) is 1. The maximum Gasteiger partial charge on any atom is 0.237 e. The van der Waals surface area contributed by atoms with Crippen molar-refractivity contribution in [3.63, 3.8) is 0 Å². The van der Waals surface area contributed by atoms with Crippen molar-refractivity contribution >= 4 is 5.91 Å². The summed E-state index contributed by atoms with van der Waals surface area (Å²) in [5.41, 5.74) is 1.63. The van der Waals surface area contributed by atoms with E-state index in [2.05, 4.69) is 10.5 Å². The number of rotatable bonds is 3. The molecular formula is C10H13N3O2. The predicted octanol–water partition coefficient (Wildman–Crippen LogP) is 1.07. The first-order valence-corrected chi connectivity index (χ1v) is 4.65. The van der Waals surface area contributed by atoms with Crippen molar-refractivity contribution in [2.75, 3.05) is 0 Å². The van der Waals surface area contributed by atoms with Gasteiger partial charge in [0, 0.05) is 12.1 Å². The Morgan fingerprint density at radius 1 is 1.67 bits per heavy atom. The SMILES string of the molecule is Cc1noc(C)c1CNC(=O)C(C)C#N. The number of amides is 1. The molecule has 0 radical (unpaired) electrons. The molecule has 0 saturated carbocycles. The van der Waals surface area contributed by atoms with Crippen molar-refractivity contribution in [3.8, 4) is 6.07 Å². The van der Waals surface area contributed by atoms with Crippen LogP contribution in [-0.4, -0.2) is 11.1 Å².